The third-order valence-corrected chi connectivity index (χ3v) is 6.29. The summed E-state index contributed by atoms with van der Waals surface area (Å²) in [7, 11) is 3.12. The number of carbonyl (C=O) groups is 1. The number of hydrogen-bond acceptors (Lipinski definition) is 5. The maximum atomic E-state index is 12.8. The van der Waals surface area contributed by atoms with Crippen molar-refractivity contribution in [2.75, 3.05) is 14.2 Å². The zero-order valence-corrected chi connectivity index (χ0v) is 22.0. The highest BCUT2D eigenvalue weighted by Crippen LogP contribution is 2.34. The summed E-state index contributed by atoms with van der Waals surface area (Å²) in [5.74, 6) is 1.31. The van der Waals surface area contributed by atoms with Gasteiger partial charge in [-0.2, -0.15) is 5.10 Å². The van der Waals surface area contributed by atoms with Crippen LogP contribution in [-0.4, -0.2) is 26.3 Å². The predicted octanol–water partition coefficient (Wildman–Crippen LogP) is 6.46. The van der Waals surface area contributed by atoms with E-state index in [1.165, 1.54) is 7.11 Å². The van der Waals surface area contributed by atoms with E-state index in [-0.39, 0.29) is 5.91 Å². The van der Waals surface area contributed by atoms with Gasteiger partial charge < -0.3 is 14.2 Å². The van der Waals surface area contributed by atoms with E-state index in [1.807, 2.05) is 60.7 Å². The molecule has 0 unspecified atom stereocenters. The average Bonchev–Trinajstić information content (AvgIpc) is 2.87. The second-order valence-corrected chi connectivity index (χ2v) is 9.15. The summed E-state index contributed by atoms with van der Waals surface area (Å²) in [4.78, 5) is 12.8. The van der Waals surface area contributed by atoms with Crippen LogP contribution in [0, 0.1) is 3.57 Å². The third-order valence-electron chi connectivity index (χ3n) is 5.24. The first-order chi connectivity index (χ1) is 17.0. The van der Waals surface area contributed by atoms with Crippen LogP contribution in [0.3, 0.4) is 0 Å². The van der Waals surface area contributed by atoms with E-state index in [4.69, 9.17) is 25.8 Å². The fraction of sp³-hybridized carbons (Fsp3) is 0.111. The molecule has 4 aromatic carbocycles. The number of benzene rings is 4. The quantitative estimate of drug-likeness (QED) is 0.143. The summed E-state index contributed by atoms with van der Waals surface area (Å²) in [5, 5.41) is 6.74. The lowest BCUT2D eigenvalue weighted by atomic mass is 10.1. The molecule has 0 fully saturated rings. The molecule has 0 aliphatic carbocycles. The van der Waals surface area contributed by atoms with Gasteiger partial charge in [0.1, 0.15) is 12.4 Å². The molecule has 0 aromatic heterocycles. The van der Waals surface area contributed by atoms with Crippen molar-refractivity contribution in [2.24, 2.45) is 5.10 Å². The molecule has 0 saturated heterocycles. The lowest BCUT2D eigenvalue weighted by molar-refractivity contribution is 0.0952. The van der Waals surface area contributed by atoms with Gasteiger partial charge in [0.25, 0.3) is 5.91 Å². The summed E-state index contributed by atoms with van der Waals surface area (Å²) < 4.78 is 17.8. The molecule has 0 radical (unpaired) electrons. The molecule has 0 aliphatic rings. The Balaban J connectivity index is 1.48. The van der Waals surface area contributed by atoms with Crippen molar-refractivity contribution < 1.29 is 19.0 Å². The van der Waals surface area contributed by atoms with Gasteiger partial charge >= 0.3 is 0 Å². The largest absolute Gasteiger partial charge is 0.496 e. The number of methoxy groups -OCH3 is 2. The molecule has 0 saturated carbocycles. The van der Waals surface area contributed by atoms with Crippen molar-refractivity contribution in [1.82, 2.24) is 5.43 Å². The second kappa shape index (κ2) is 11.4. The summed E-state index contributed by atoms with van der Waals surface area (Å²) in [6.45, 7) is 0.376. The van der Waals surface area contributed by atoms with Crippen LogP contribution in [0.2, 0.25) is 5.02 Å². The summed E-state index contributed by atoms with van der Waals surface area (Å²) >= 11 is 8.13. The van der Waals surface area contributed by atoms with Gasteiger partial charge in [-0.05, 0) is 80.9 Å². The van der Waals surface area contributed by atoms with E-state index in [2.05, 4.69) is 33.1 Å². The van der Waals surface area contributed by atoms with Crippen molar-refractivity contribution in [2.45, 2.75) is 6.61 Å². The van der Waals surface area contributed by atoms with Gasteiger partial charge in [0.2, 0.25) is 0 Å². The molecule has 0 bridgehead atoms. The van der Waals surface area contributed by atoms with Crippen LogP contribution in [0.1, 0.15) is 21.5 Å². The van der Waals surface area contributed by atoms with Crippen LogP contribution in [0.15, 0.2) is 77.9 Å². The van der Waals surface area contributed by atoms with Crippen molar-refractivity contribution in [1.29, 1.82) is 0 Å². The van der Waals surface area contributed by atoms with Gasteiger partial charge in [0, 0.05) is 5.02 Å². The van der Waals surface area contributed by atoms with Crippen LogP contribution in [-0.2, 0) is 6.61 Å². The van der Waals surface area contributed by atoms with Crippen LogP contribution in [0.4, 0.5) is 0 Å². The predicted molar refractivity (Wildman–Crippen MR) is 147 cm³/mol. The Morgan fingerprint density at radius 1 is 0.971 bits per heavy atom. The van der Waals surface area contributed by atoms with Gasteiger partial charge in [-0.25, -0.2) is 5.43 Å². The maximum Gasteiger partial charge on any atom is 0.275 e. The highest BCUT2D eigenvalue weighted by molar-refractivity contribution is 14.1. The van der Waals surface area contributed by atoms with Gasteiger partial charge in [0.05, 0.1) is 29.6 Å². The highest BCUT2D eigenvalue weighted by atomic mass is 127. The number of fused-ring (bicyclic) bond motifs is 1. The summed E-state index contributed by atoms with van der Waals surface area (Å²) in [6.07, 6.45) is 1.55. The Morgan fingerprint density at radius 2 is 1.66 bits per heavy atom. The van der Waals surface area contributed by atoms with E-state index in [9.17, 15) is 4.79 Å². The monoisotopic (exact) mass is 600 g/mol. The molecule has 0 heterocycles. The second-order valence-electron chi connectivity index (χ2n) is 7.55. The number of carbonyl (C=O) groups excluding carboxylic acids is 1. The molecule has 6 nitrogen and oxygen atoms in total. The molecule has 0 spiro atoms. The van der Waals surface area contributed by atoms with E-state index >= 15 is 0 Å². The molecule has 1 N–H and O–H groups in total. The van der Waals surface area contributed by atoms with Crippen LogP contribution < -0.4 is 19.6 Å². The Bertz CT molecular complexity index is 1390. The molecule has 4 rings (SSSR count). The molecule has 4 aromatic rings. The first-order valence-electron chi connectivity index (χ1n) is 10.6. The number of nitrogens with one attached hydrogen (secondary N) is 1. The summed E-state index contributed by atoms with van der Waals surface area (Å²) in [6, 6.07) is 22.6. The topological polar surface area (TPSA) is 69.2 Å². The molecule has 0 atom stereocenters. The van der Waals surface area contributed by atoms with Crippen LogP contribution in [0.5, 0.6) is 17.2 Å². The first kappa shape index (κ1) is 24.8. The van der Waals surface area contributed by atoms with E-state index in [1.54, 1.807) is 25.5 Å². The number of halogens is 2. The minimum atomic E-state index is -0.367. The fourth-order valence-corrected chi connectivity index (χ4v) is 4.39. The number of rotatable bonds is 8. The Morgan fingerprint density at radius 3 is 2.34 bits per heavy atom. The molecule has 1 amide bonds. The van der Waals surface area contributed by atoms with Gasteiger partial charge in [0.15, 0.2) is 11.5 Å². The lowest BCUT2D eigenvalue weighted by Crippen LogP contribution is -2.18. The van der Waals surface area contributed by atoms with Gasteiger partial charge in [-0.3, -0.25) is 4.79 Å². The number of hydrazone groups is 1. The minimum Gasteiger partial charge on any atom is -0.496 e. The zero-order chi connectivity index (χ0) is 24.8. The lowest BCUT2D eigenvalue weighted by Gasteiger charge is -2.13. The smallest absolute Gasteiger partial charge is 0.275 e. The molecule has 35 heavy (non-hydrogen) atoms. The Labute approximate surface area is 222 Å². The Hall–Kier alpha value is -3.30. The molecular formula is C27H22ClIN2O4. The van der Waals surface area contributed by atoms with Crippen molar-refractivity contribution in [3.05, 3.63) is 98.1 Å². The molecule has 8 heteroatoms. The minimum absolute atomic E-state index is 0.367. The number of nitrogens with zero attached hydrogens (tertiary/aromatic N) is 1. The Kier molecular flexibility index (Phi) is 8.09. The maximum absolute atomic E-state index is 12.8. The van der Waals surface area contributed by atoms with E-state index < -0.39 is 0 Å². The van der Waals surface area contributed by atoms with Gasteiger partial charge in [-0.1, -0.05) is 48.0 Å². The van der Waals surface area contributed by atoms with Crippen molar-refractivity contribution in [3.8, 4) is 17.2 Å². The molecule has 0 aliphatic heterocycles. The molecular weight excluding hydrogens is 579 g/mol. The van der Waals surface area contributed by atoms with E-state index in [0.29, 0.717) is 34.4 Å². The zero-order valence-electron chi connectivity index (χ0n) is 19.0. The van der Waals surface area contributed by atoms with Crippen molar-refractivity contribution in [3.63, 3.8) is 0 Å². The molecule has 178 valence electrons. The first-order valence-corrected chi connectivity index (χ1v) is 12.1. The number of hydrogen-bond donors (Lipinski definition) is 1. The SMILES string of the molecule is COc1cc2ccccc2cc1C(=O)N/N=C/c1cc(I)c(OCc2ccc(Cl)cc2)c(OC)c1. The average molecular weight is 601 g/mol. The standard InChI is InChI=1S/C27H22ClIN2O4/c1-33-24-14-20-6-4-3-5-19(20)13-22(24)27(32)31-30-15-18-11-23(29)26(25(12-18)34-2)35-16-17-7-9-21(28)10-8-17/h3-15H,16H2,1-2H3,(H,31,32)/b30-15+. The third kappa shape index (κ3) is 6.04. The highest BCUT2D eigenvalue weighted by Gasteiger charge is 2.14. The number of amides is 1. The van der Waals surface area contributed by atoms with E-state index in [0.717, 1.165) is 25.5 Å². The fourth-order valence-electron chi connectivity index (χ4n) is 3.48. The number of ether oxygens (including phenoxy) is 3. The van der Waals surface area contributed by atoms with Gasteiger partial charge in [-0.15, -0.1) is 0 Å². The normalized spacial score (nSPS) is 11.0. The van der Waals surface area contributed by atoms with Crippen molar-refractivity contribution >= 4 is 57.1 Å². The summed E-state index contributed by atoms with van der Waals surface area (Å²) in [5.41, 5.74) is 4.72. The van der Waals surface area contributed by atoms with Crippen LogP contribution >= 0.6 is 34.2 Å². The van der Waals surface area contributed by atoms with Crippen LogP contribution in [0.25, 0.3) is 10.8 Å².